The van der Waals surface area contributed by atoms with E-state index in [9.17, 15) is 4.79 Å². The van der Waals surface area contributed by atoms with E-state index in [0.29, 0.717) is 11.4 Å². The number of carbonyl (C=O) groups is 1. The number of hydrogen-bond donors (Lipinski definition) is 0. The van der Waals surface area contributed by atoms with Gasteiger partial charge in [-0.2, -0.15) is 5.10 Å². The Hall–Kier alpha value is -2.88. The van der Waals surface area contributed by atoms with Crippen LogP contribution in [0.1, 0.15) is 67.7 Å². The van der Waals surface area contributed by atoms with Crippen LogP contribution >= 0.6 is 0 Å². The number of nitrogens with zero attached hydrogens (tertiary/aromatic N) is 2. The zero-order valence-corrected chi connectivity index (χ0v) is 17.5. The molecule has 0 fully saturated rings. The first-order valence-electron chi connectivity index (χ1n) is 9.65. The monoisotopic (exact) mass is 376 g/mol. The van der Waals surface area contributed by atoms with Crippen molar-refractivity contribution >= 4 is 5.97 Å². The first-order chi connectivity index (χ1) is 13.1. The second-order valence-electron chi connectivity index (χ2n) is 8.53. The Labute approximate surface area is 167 Å². The van der Waals surface area contributed by atoms with Gasteiger partial charge >= 0.3 is 5.97 Å². The Morgan fingerprint density at radius 1 is 1.00 bits per heavy atom. The van der Waals surface area contributed by atoms with Crippen molar-refractivity contribution in [2.45, 2.75) is 52.9 Å². The van der Waals surface area contributed by atoms with Gasteiger partial charge in [-0.3, -0.25) is 0 Å². The standard InChI is InChI=1S/C24H28N2O2/c1-16(2)21-15-22(26(25-21)20-13-7-17(3)8-14-20)28-23(27)18-9-11-19(12-10-18)24(4,5)6/h7-16H,1-6H3. The van der Waals surface area contributed by atoms with Gasteiger partial charge in [0.25, 0.3) is 0 Å². The van der Waals surface area contributed by atoms with Crippen LogP contribution in [-0.4, -0.2) is 15.7 Å². The van der Waals surface area contributed by atoms with Gasteiger partial charge in [0, 0.05) is 6.07 Å². The van der Waals surface area contributed by atoms with E-state index in [2.05, 4.69) is 39.7 Å². The van der Waals surface area contributed by atoms with Gasteiger partial charge in [-0.1, -0.05) is 64.4 Å². The molecule has 0 saturated carbocycles. The summed E-state index contributed by atoms with van der Waals surface area (Å²) >= 11 is 0. The van der Waals surface area contributed by atoms with Crippen molar-refractivity contribution < 1.29 is 9.53 Å². The highest BCUT2D eigenvalue weighted by Crippen LogP contribution is 2.26. The second kappa shape index (κ2) is 7.63. The van der Waals surface area contributed by atoms with Gasteiger partial charge in [-0.25, -0.2) is 9.48 Å². The van der Waals surface area contributed by atoms with Crippen LogP contribution in [0.5, 0.6) is 5.88 Å². The largest absolute Gasteiger partial charge is 0.404 e. The zero-order chi connectivity index (χ0) is 20.5. The van der Waals surface area contributed by atoms with Crippen molar-refractivity contribution in [2.24, 2.45) is 0 Å². The van der Waals surface area contributed by atoms with Crippen LogP contribution in [0, 0.1) is 6.92 Å². The van der Waals surface area contributed by atoms with E-state index in [4.69, 9.17) is 4.74 Å². The van der Waals surface area contributed by atoms with Gasteiger partial charge in [0.1, 0.15) is 0 Å². The summed E-state index contributed by atoms with van der Waals surface area (Å²) in [5.74, 6) is 0.275. The molecule has 0 N–H and O–H groups in total. The molecule has 4 heteroatoms. The van der Waals surface area contributed by atoms with Crippen LogP contribution in [0.25, 0.3) is 5.69 Å². The van der Waals surface area contributed by atoms with Crippen LogP contribution in [0.2, 0.25) is 0 Å². The zero-order valence-electron chi connectivity index (χ0n) is 17.5. The first-order valence-corrected chi connectivity index (χ1v) is 9.65. The molecule has 3 aromatic rings. The summed E-state index contributed by atoms with van der Waals surface area (Å²) in [6, 6.07) is 17.4. The van der Waals surface area contributed by atoms with Gasteiger partial charge in [0.15, 0.2) is 0 Å². The average Bonchev–Trinajstić information content (AvgIpc) is 3.06. The van der Waals surface area contributed by atoms with E-state index in [1.54, 1.807) is 4.68 Å². The summed E-state index contributed by atoms with van der Waals surface area (Å²) in [5, 5.41) is 4.64. The molecule has 0 radical (unpaired) electrons. The predicted octanol–water partition coefficient (Wildman–Crippen LogP) is 5.82. The van der Waals surface area contributed by atoms with E-state index in [-0.39, 0.29) is 17.3 Å². The molecule has 0 spiro atoms. The van der Waals surface area contributed by atoms with Gasteiger partial charge < -0.3 is 4.74 Å². The molecule has 1 aromatic heterocycles. The Balaban J connectivity index is 1.90. The first kappa shape index (κ1) is 19.9. The Kier molecular flexibility index (Phi) is 5.41. The van der Waals surface area contributed by atoms with Crippen LogP contribution in [-0.2, 0) is 5.41 Å². The normalized spacial score (nSPS) is 11.7. The van der Waals surface area contributed by atoms with Crippen LogP contribution < -0.4 is 4.74 Å². The molecule has 1 heterocycles. The van der Waals surface area contributed by atoms with Gasteiger partial charge in [-0.15, -0.1) is 0 Å². The van der Waals surface area contributed by atoms with Crippen molar-refractivity contribution in [3.8, 4) is 11.6 Å². The maximum absolute atomic E-state index is 12.7. The molecular weight excluding hydrogens is 348 g/mol. The van der Waals surface area contributed by atoms with Gasteiger partial charge in [0.2, 0.25) is 5.88 Å². The molecule has 3 rings (SSSR count). The van der Waals surface area contributed by atoms with E-state index in [1.165, 1.54) is 5.56 Å². The fourth-order valence-corrected chi connectivity index (χ4v) is 2.87. The minimum Gasteiger partial charge on any atom is -0.404 e. The molecule has 4 nitrogen and oxygen atoms in total. The number of esters is 1. The molecule has 0 amide bonds. The Bertz CT molecular complexity index is 959. The second-order valence-corrected chi connectivity index (χ2v) is 8.53. The van der Waals surface area contributed by atoms with Crippen LogP contribution in [0.15, 0.2) is 54.6 Å². The molecule has 28 heavy (non-hydrogen) atoms. The third-order valence-corrected chi connectivity index (χ3v) is 4.75. The fourth-order valence-electron chi connectivity index (χ4n) is 2.87. The van der Waals surface area contributed by atoms with Crippen molar-refractivity contribution in [3.63, 3.8) is 0 Å². The number of aromatic nitrogens is 2. The predicted molar refractivity (Wildman–Crippen MR) is 112 cm³/mol. The van der Waals surface area contributed by atoms with Crippen molar-refractivity contribution in [1.29, 1.82) is 0 Å². The average molecular weight is 377 g/mol. The Morgan fingerprint density at radius 3 is 2.14 bits per heavy atom. The number of ether oxygens (including phenoxy) is 1. The fraction of sp³-hybridized carbons (Fsp3) is 0.333. The number of hydrogen-bond acceptors (Lipinski definition) is 3. The molecule has 0 aliphatic rings. The molecule has 0 unspecified atom stereocenters. The van der Waals surface area contributed by atoms with Crippen LogP contribution in [0.4, 0.5) is 0 Å². The molecule has 0 bridgehead atoms. The molecule has 0 saturated heterocycles. The molecule has 146 valence electrons. The lowest BCUT2D eigenvalue weighted by atomic mass is 9.87. The van der Waals surface area contributed by atoms with Crippen molar-refractivity contribution in [2.75, 3.05) is 0 Å². The third-order valence-electron chi connectivity index (χ3n) is 4.75. The highest BCUT2D eigenvalue weighted by molar-refractivity contribution is 5.91. The van der Waals surface area contributed by atoms with Gasteiger partial charge in [-0.05, 0) is 48.1 Å². The van der Waals surface area contributed by atoms with E-state index in [1.807, 2.05) is 61.5 Å². The topological polar surface area (TPSA) is 44.1 Å². The summed E-state index contributed by atoms with van der Waals surface area (Å²) in [7, 11) is 0. The molecular formula is C24H28N2O2. The highest BCUT2D eigenvalue weighted by Gasteiger charge is 2.19. The van der Waals surface area contributed by atoms with Crippen LogP contribution in [0.3, 0.4) is 0 Å². The highest BCUT2D eigenvalue weighted by atomic mass is 16.5. The minimum atomic E-state index is -0.385. The molecule has 0 atom stereocenters. The minimum absolute atomic E-state index is 0.0403. The van der Waals surface area contributed by atoms with E-state index < -0.39 is 0 Å². The van der Waals surface area contributed by atoms with E-state index >= 15 is 0 Å². The maximum Gasteiger partial charge on any atom is 0.344 e. The maximum atomic E-state index is 12.7. The van der Waals surface area contributed by atoms with Gasteiger partial charge in [0.05, 0.1) is 16.9 Å². The number of aryl methyl sites for hydroxylation is 1. The Morgan fingerprint density at radius 2 is 1.61 bits per heavy atom. The molecule has 0 aliphatic carbocycles. The molecule has 2 aromatic carbocycles. The molecule has 0 aliphatic heterocycles. The third kappa shape index (κ3) is 4.33. The lowest BCUT2D eigenvalue weighted by Gasteiger charge is -2.18. The van der Waals surface area contributed by atoms with Crippen molar-refractivity contribution in [3.05, 3.63) is 77.0 Å². The van der Waals surface area contributed by atoms with Crippen molar-refractivity contribution in [1.82, 2.24) is 9.78 Å². The smallest absolute Gasteiger partial charge is 0.344 e. The SMILES string of the molecule is Cc1ccc(-n2nc(C(C)C)cc2OC(=O)c2ccc(C(C)(C)C)cc2)cc1. The number of rotatable bonds is 4. The summed E-state index contributed by atoms with van der Waals surface area (Å²) in [4.78, 5) is 12.7. The summed E-state index contributed by atoms with van der Waals surface area (Å²) in [6.45, 7) is 12.6. The summed E-state index contributed by atoms with van der Waals surface area (Å²) in [5.41, 5.74) is 4.65. The number of benzene rings is 2. The lowest BCUT2D eigenvalue weighted by molar-refractivity contribution is 0.0723. The number of carbonyl (C=O) groups excluding carboxylic acids is 1. The quantitative estimate of drug-likeness (QED) is 0.539. The summed E-state index contributed by atoms with van der Waals surface area (Å²) < 4.78 is 7.42. The summed E-state index contributed by atoms with van der Waals surface area (Å²) in [6.07, 6.45) is 0. The lowest BCUT2D eigenvalue weighted by Crippen LogP contribution is -2.14. The van der Waals surface area contributed by atoms with E-state index in [0.717, 1.165) is 16.9 Å².